The van der Waals surface area contributed by atoms with E-state index in [2.05, 4.69) is 0 Å². The Morgan fingerprint density at radius 2 is 1.27 bits per heavy atom. The molecule has 6 aliphatic rings. The summed E-state index contributed by atoms with van der Waals surface area (Å²) in [7, 11) is 0. The monoisotopic (exact) mass is 656 g/mol. The molecule has 6 aliphatic carbocycles. The highest BCUT2D eigenvalue weighted by atomic mass is 19.4. The van der Waals surface area contributed by atoms with Crippen molar-refractivity contribution >= 4 is 11.9 Å². The summed E-state index contributed by atoms with van der Waals surface area (Å²) in [4.78, 5) is 24.6. The smallest absolute Gasteiger partial charge is 0.426 e. The van der Waals surface area contributed by atoms with Gasteiger partial charge in [-0.15, -0.1) is 0 Å². The van der Waals surface area contributed by atoms with Crippen molar-refractivity contribution in [3.8, 4) is 0 Å². The molecule has 6 unspecified atom stereocenters. The molecule has 6 fully saturated rings. The van der Waals surface area contributed by atoms with E-state index in [1.54, 1.807) is 20.8 Å². The predicted molar refractivity (Wildman–Crippen MR) is 152 cm³/mol. The molecule has 6 atom stereocenters. The summed E-state index contributed by atoms with van der Waals surface area (Å²) in [6.07, 6.45) is -5.79. The lowest BCUT2D eigenvalue weighted by atomic mass is 9.52. The molecule has 6 rings (SSSR count). The Morgan fingerprint density at radius 1 is 0.756 bits per heavy atom. The number of fused-ring (bicyclic) bond motifs is 2. The van der Waals surface area contributed by atoms with Crippen molar-refractivity contribution in [2.45, 2.75) is 154 Å². The maximum atomic E-state index is 12.9. The second kappa shape index (κ2) is 11.8. The minimum Gasteiger partial charge on any atom is -0.462 e. The molecule has 0 heterocycles. The van der Waals surface area contributed by atoms with E-state index >= 15 is 0 Å². The normalized spacial score (nSPS) is 36.0. The van der Waals surface area contributed by atoms with Crippen molar-refractivity contribution < 1.29 is 55.6 Å². The van der Waals surface area contributed by atoms with Crippen LogP contribution >= 0.6 is 0 Å². The molecule has 45 heavy (non-hydrogen) atoms. The van der Waals surface area contributed by atoms with Gasteiger partial charge in [-0.05, 0) is 128 Å². The molecule has 0 aromatic rings. The van der Waals surface area contributed by atoms with Crippen LogP contribution in [0.2, 0.25) is 0 Å². The SMILES string of the molecule is CCC(C)(C)C(=O)OC12CC3CC(CC(O)(C3)C1)C2.CCC(C)(C)C(=O)OC1CC2CC(CC(O)(C(F)(F)F)C(F)(F)F)C1C2. The number of esters is 2. The van der Waals surface area contributed by atoms with Gasteiger partial charge in [0.15, 0.2) is 0 Å². The third-order valence-electron chi connectivity index (χ3n) is 11.8. The average molecular weight is 657 g/mol. The van der Waals surface area contributed by atoms with E-state index in [1.807, 2.05) is 20.8 Å². The second-order valence-electron chi connectivity index (χ2n) is 16.2. The van der Waals surface area contributed by atoms with Crippen LogP contribution in [-0.2, 0) is 19.1 Å². The first-order valence-electron chi connectivity index (χ1n) is 16.4. The van der Waals surface area contributed by atoms with Crippen LogP contribution in [-0.4, -0.2) is 57.4 Å². The average Bonchev–Trinajstić information content (AvgIpc) is 3.45. The quantitative estimate of drug-likeness (QED) is 0.206. The molecule has 6 nitrogen and oxygen atoms in total. The summed E-state index contributed by atoms with van der Waals surface area (Å²) in [5, 5.41) is 20.1. The van der Waals surface area contributed by atoms with Crippen LogP contribution in [0.15, 0.2) is 0 Å². The van der Waals surface area contributed by atoms with Crippen LogP contribution in [0.3, 0.4) is 0 Å². The van der Waals surface area contributed by atoms with E-state index in [9.17, 15) is 46.1 Å². The third-order valence-corrected chi connectivity index (χ3v) is 11.8. The van der Waals surface area contributed by atoms with Gasteiger partial charge in [-0.3, -0.25) is 9.59 Å². The third kappa shape index (κ3) is 7.16. The molecule has 0 saturated heterocycles. The molecule has 6 saturated carbocycles. The molecular formula is C33H50F6O6. The lowest BCUT2D eigenvalue weighted by molar-refractivity contribution is -0.373. The number of ether oxygens (including phenoxy) is 2. The van der Waals surface area contributed by atoms with Crippen molar-refractivity contribution in [2.75, 3.05) is 0 Å². The van der Waals surface area contributed by atoms with Crippen LogP contribution in [0.25, 0.3) is 0 Å². The van der Waals surface area contributed by atoms with E-state index in [0.717, 1.165) is 32.1 Å². The second-order valence-corrected chi connectivity index (χ2v) is 16.2. The number of rotatable bonds is 8. The zero-order valence-electron chi connectivity index (χ0n) is 27.2. The summed E-state index contributed by atoms with van der Waals surface area (Å²) in [5.41, 5.74) is -6.84. The first-order chi connectivity index (χ1) is 20.4. The van der Waals surface area contributed by atoms with Gasteiger partial charge in [0, 0.05) is 6.42 Å². The molecule has 12 heteroatoms. The number of hydrogen-bond acceptors (Lipinski definition) is 6. The van der Waals surface area contributed by atoms with Gasteiger partial charge in [0.05, 0.1) is 16.4 Å². The Hall–Kier alpha value is -1.56. The van der Waals surface area contributed by atoms with Crippen LogP contribution in [0.5, 0.6) is 0 Å². The lowest BCUT2D eigenvalue weighted by Gasteiger charge is -2.59. The fraction of sp³-hybridized carbons (Fsp3) is 0.939. The van der Waals surface area contributed by atoms with Gasteiger partial charge in [-0.25, -0.2) is 0 Å². The van der Waals surface area contributed by atoms with Gasteiger partial charge in [-0.1, -0.05) is 13.8 Å². The summed E-state index contributed by atoms with van der Waals surface area (Å²) >= 11 is 0. The van der Waals surface area contributed by atoms with Gasteiger partial charge < -0.3 is 19.7 Å². The number of aliphatic hydroxyl groups is 2. The van der Waals surface area contributed by atoms with E-state index in [4.69, 9.17) is 9.47 Å². The predicted octanol–water partition coefficient (Wildman–Crippen LogP) is 7.68. The van der Waals surface area contributed by atoms with Crippen LogP contribution in [0, 0.1) is 40.4 Å². The van der Waals surface area contributed by atoms with Gasteiger partial charge in [0.25, 0.3) is 5.60 Å². The minimum atomic E-state index is -5.82. The van der Waals surface area contributed by atoms with Crippen LogP contribution in [0.1, 0.15) is 119 Å². The Morgan fingerprint density at radius 3 is 1.71 bits per heavy atom. The number of carbonyl (C=O) groups is 2. The van der Waals surface area contributed by atoms with Gasteiger partial charge in [0.1, 0.15) is 11.7 Å². The fourth-order valence-corrected chi connectivity index (χ4v) is 8.74. The number of alkyl halides is 6. The van der Waals surface area contributed by atoms with Crippen molar-refractivity contribution in [2.24, 2.45) is 40.4 Å². The van der Waals surface area contributed by atoms with Gasteiger partial charge in [-0.2, -0.15) is 26.3 Å². The number of hydrogen-bond donors (Lipinski definition) is 2. The van der Waals surface area contributed by atoms with Gasteiger partial charge in [0.2, 0.25) is 0 Å². The van der Waals surface area contributed by atoms with Crippen molar-refractivity contribution in [3.05, 3.63) is 0 Å². The van der Waals surface area contributed by atoms with Crippen molar-refractivity contribution in [3.63, 3.8) is 0 Å². The maximum absolute atomic E-state index is 12.9. The van der Waals surface area contributed by atoms with E-state index in [1.165, 1.54) is 6.42 Å². The zero-order valence-corrected chi connectivity index (χ0v) is 27.2. The van der Waals surface area contributed by atoms with E-state index in [-0.39, 0.29) is 23.9 Å². The Labute approximate surface area is 262 Å². The minimum absolute atomic E-state index is 0.0828. The summed E-state index contributed by atoms with van der Waals surface area (Å²) in [6, 6.07) is 0. The first kappa shape index (κ1) is 36.3. The molecule has 2 N–H and O–H groups in total. The highest BCUT2D eigenvalue weighted by Gasteiger charge is 2.71. The van der Waals surface area contributed by atoms with Crippen molar-refractivity contribution in [1.82, 2.24) is 0 Å². The first-order valence-corrected chi connectivity index (χ1v) is 16.4. The molecule has 0 radical (unpaired) electrons. The molecule has 0 spiro atoms. The van der Waals surface area contributed by atoms with Crippen LogP contribution < -0.4 is 0 Å². The molecule has 0 aliphatic heterocycles. The highest BCUT2D eigenvalue weighted by Crippen LogP contribution is 2.59. The zero-order chi connectivity index (χ0) is 34.0. The largest absolute Gasteiger partial charge is 0.462 e. The van der Waals surface area contributed by atoms with E-state index < -0.39 is 64.7 Å². The van der Waals surface area contributed by atoms with Gasteiger partial charge >= 0.3 is 24.3 Å². The number of carbonyl (C=O) groups excluding carboxylic acids is 2. The number of halogens is 6. The summed E-state index contributed by atoms with van der Waals surface area (Å²) in [6.45, 7) is 11.1. The highest BCUT2D eigenvalue weighted by molar-refractivity contribution is 5.76. The fourth-order valence-electron chi connectivity index (χ4n) is 8.74. The standard InChI is InChI=1S/C17H24F6O3.C16H26O3/c1-4-14(2,3)13(24)26-12-7-9-5-10(11(12)6-9)8-15(25,16(18,19)20)17(21,22)23;1-4-14(2,3)13(17)19-16-8-11-5-12(9-16)7-15(18,6-11)10-16/h9-12,25H,4-8H2,1-3H3;11-12,18H,4-10H2,1-3H3. The molecule has 0 aromatic carbocycles. The topological polar surface area (TPSA) is 93.1 Å². The summed E-state index contributed by atoms with van der Waals surface area (Å²) < 4.78 is 89.1. The Kier molecular flexibility index (Phi) is 9.55. The van der Waals surface area contributed by atoms with Crippen molar-refractivity contribution in [1.29, 1.82) is 0 Å². The molecule has 0 amide bonds. The Bertz CT molecular complexity index is 1090. The van der Waals surface area contributed by atoms with Crippen LogP contribution in [0.4, 0.5) is 26.3 Å². The molecule has 6 bridgehead atoms. The maximum Gasteiger partial charge on any atom is 0.426 e. The lowest BCUT2D eigenvalue weighted by Crippen LogP contribution is -2.61. The molecule has 260 valence electrons. The Balaban J connectivity index is 0.000000214. The molecular weight excluding hydrogens is 606 g/mol. The van der Waals surface area contributed by atoms with E-state index in [0.29, 0.717) is 37.5 Å². The molecule has 0 aromatic heterocycles. The summed E-state index contributed by atoms with van der Waals surface area (Å²) in [5.74, 6) is -1.14.